The second-order valence-corrected chi connectivity index (χ2v) is 5.71. The lowest BCUT2D eigenvalue weighted by molar-refractivity contribution is -0.118. The lowest BCUT2D eigenvalue weighted by atomic mass is 10.0. The predicted molar refractivity (Wildman–Crippen MR) is 88.4 cm³/mol. The minimum Gasteiger partial charge on any atom is -0.361 e. The number of aromatic amines is 1. The van der Waals surface area contributed by atoms with Crippen LogP contribution >= 0.6 is 0 Å². The first-order valence-electron chi connectivity index (χ1n) is 8.07. The zero-order valence-electron chi connectivity index (χ0n) is 13.0. The molecule has 1 amide bonds. The smallest absolute Gasteiger partial charge is 0.216 e. The van der Waals surface area contributed by atoms with Gasteiger partial charge in [0.1, 0.15) is 0 Å². The highest BCUT2D eigenvalue weighted by Crippen LogP contribution is 2.20. The number of hydrogen-bond acceptors (Lipinski definition) is 1. The fourth-order valence-corrected chi connectivity index (χ4v) is 2.75. The minimum absolute atomic E-state index is 0.0775. The first kappa shape index (κ1) is 15.6. The molecule has 0 atom stereocenters. The van der Waals surface area contributed by atoms with E-state index in [2.05, 4.69) is 40.8 Å². The molecule has 0 unspecified atom stereocenters. The van der Waals surface area contributed by atoms with E-state index in [4.69, 9.17) is 0 Å². The molecule has 0 spiro atoms. The number of aromatic nitrogens is 1. The molecule has 0 saturated carbocycles. The average molecular weight is 286 g/mol. The Bertz CT molecular complexity index is 559. The third kappa shape index (κ3) is 5.25. The molecule has 0 radical (unpaired) electrons. The summed E-state index contributed by atoms with van der Waals surface area (Å²) in [4.78, 5) is 14.0. The van der Waals surface area contributed by atoms with E-state index in [0.717, 1.165) is 19.4 Å². The maximum atomic E-state index is 10.7. The van der Waals surface area contributed by atoms with Crippen LogP contribution in [0.4, 0.5) is 0 Å². The van der Waals surface area contributed by atoms with Gasteiger partial charge in [0.05, 0.1) is 0 Å². The second kappa shape index (κ2) is 8.50. The van der Waals surface area contributed by atoms with Gasteiger partial charge in [0.25, 0.3) is 0 Å². The molecule has 2 aromatic rings. The van der Waals surface area contributed by atoms with Gasteiger partial charge in [-0.15, -0.1) is 0 Å². The van der Waals surface area contributed by atoms with Crippen LogP contribution in [0.15, 0.2) is 30.5 Å². The van der Waals surface area contributed by atoms with Crippen LogP contribution in [0.5, 0.6) is 0 Å². The van der Waals surface area contributed by atoms with Crippen molar-refractivity contribution in [2.75, 3.05) is 6.54 Å². The molecule has 0 saturated heterocycles. The fourth-order valence-electron chi connectivity index (χ4n) is 2.75. The number of aryl methyl sites for hydroxylation is 1. The maximum Gasteiger partial charge on any atom is 0.216 e. The van der Waals surface area contributed by atoms with Crippen LogP contribution in [0.3, 0.4) is 0 Å². The van der Waals surface area contributed by atoms with Crippen molar-refractivity contribution in [3.05, 3.63) is 36.0 Å². The number of carbonyl (C=O) groups is 1. The summed E-state index contributed by atoms with van der Waals surface area (Å²) >= 11 is 0. The van der Waals surface area contributed by atoms with Crippen LogP contribution in [0.1, 0.15) is 51.0 Å². The Kier molecular flexibility index (Phi) is 6.32. The number of H-pyrrole nitrogens is 1. The number of amides is 1. The van der Waals surface area contributed by atoms with Crippen LogP contribution in [0.2, 0.25) is 0 Å². The van der Waals surface area contributed by atoms with Gasteiger partial charge in [0.15, 0.2) is 0 Å². The van der Waals surface area contributed by atoms with Crippen LogP contribution in [0.25, 0.3) is 10.9 Å². The lowest BCUT2D eigenvalue weighted by Crippen LogP contribution is -2.20. The first-order chi connectivity index (χ1) is 10.3. The molecule has 1 heterocycles. The lowest BCUT2D eigenvalue weighted by Gasteiger charge is -2.03. The van der Waals surface area contributed by atoms with Crippen molar-refractivity contribution in [1.29, 1.82) is 0 Å². The van der Waals surface area contributed by atoms with Crippen molar-refractivity contribution in [3.8, 4) is 0 Å². The number of hydrogen-bond donors (Lipinski definition) is 2. The van der Waals surface area contributed by atoms with E-state index in [1.165, 1.54) is 48.6 Å². The zero-order valence-corrected chi connectivity index (χ0v) is 13.0. The number of rotatable bonds is 9. The Morgan fingerprint density at radius 3 is 2.57 bits per heavy atom. The van der Waals surface area contributed by atoms with Crippen molar-refractivity contribution in [3.63, 3.8) is 0 Å². The van der Waals surface area contributed by atoms with Gasteiger partial charge < -0.3 is 10.3 Å². The molecule has 2 N–H and O–H groups in total. The fraction of sp³-hybridized carbons (Fsp3) is 0.500. The zero-order chi connectivity index (χ0) is 14.9. The quantitative estimate of drug-likeness (QED) is 0.667. The highest BCUT2D eigenvalue weighted by Gasteiger charge is 2.02. The van der Waals surface area contributed by atoms with Gasteiger partial charge in [0.2, 0.25) is 5.91 Å². The molecule has 2 rings (SSSR count). The van der Waals surface area contributed by atoms with Crippen LogP contribution in [-0.2, 0) is 11.2 Å². The molecule has 0 aliphatic rings. The Balaban J connectivity index is 1.55. The average Bonchev–Trinajstić information content (AvgIpc) is 2.88. The molecule has 114 valence electrons. The van der Waals surface area contributed by atoms with E-state index in [1.807, 2.05) is 0 Å². The largest absolute Gasteiger partial charge is 0.361 e. The molecular formula is C18H26N2O. The standard InChI is InChI=1S/C18H26N2O/c1-15(21)19-13-9-5-3-2-4-6-10-16-14-20-18-12-8-7-11-17(16)18/h7-8,11-12,14,20H,2-6,9-10,13H2,1H3,(H,19,21). The number of carbonyl (C=O) groups excluding carboxylic acids is 1. The topological polar surface area (TPSA) is 44.9 Å². The Labute approximate surface area is 127 Å². The highest BCUT2D eigenvalue weighted by molar-refractivity contribution is 5.82. The second-order valence-electron chi connectivity index (χ2n) is 5.71. The molecule has 21 heavy (non-hydrogen) atoms. The van der Waals surface area contributed by atoms with Gasteiger partial charge >= 0.3 is 0 Å². The Hall–Kier alpha value is -1.77. The first-order valence-corrected chi connectivity index (χ1v) is 8.07. The van der Waals surface area contributed by atoms with Crippen molar-refractivity contribution < 1.29 is 4.79 Å². The number of benzene rings is 1. The predicted octanol–water partition coefficient (Wildman–Crippen LogP) is 4.19. The minimum atomic E-state index is 0.0775. The van der Waals surface area contributed by atoms with E-state index in [0.29, 0.717) is 0 Å². The van der Waals surface area contributed by atoms with Gasteiger partial charge in [-0.05, 0) is 30.9 Å². The number of unbranched alkanes of at least 4 members (excludes halogenated alkanes) is 5. The number of para-hydroxylation sites is 1. The van der Waals surface area contributed by atoms with Crippen molar-refractivity contribution in [2.45, 2.75) is 51.9 Å². The summed E-state index contributed by atoms with van der Waals surface area (Å²) in [6, 6.07) is 8.51. The Morgan fingerprint density at radius 2 is 1.76 bits per heavy atom. The van der Waals surface area contributed by atoms with Gasteiger partial charge in [-0.1, -0.05) is 43.9 Å². The van der Waals surface area contributed by atoms with Gasteiger partial charge in [-0.2, -0.15) is 0 Å². The summed E-state index contributed by atoms with van der Waals surface area (Å²) in [6.45, 7) is 2.40. The van der Waals surface area contributed by atoms with Crippen molar-refractivity contribution in [2.24, 2.45) is 0 Å². The van der Waals surface area contributed by atoms with E-state index in [1.54, 1.807) is 6.92 Å². The van der Waals surface area contributed by atoms with Crippen LogP contribution in [-0.4, -0.2) is 17.4 Å². The summed E-state index contributed by atoms with van der Waals surface area (Å²) in [7, 11) is 0. The van der Waals surface area contributed by atoms with Crippen molar-refractivity contribution in [1.82, 2.24) is 10.3 Å². The molecular weight excluding hydrogens is 260 g/mol. The third-order valence-electron chi connectivity index (χ3n) is 3.92. The van der Waals surface area contributed by atoms with Gasteiger partial charge in [0, 0.05) is 30.6 Å². The third-order valence-corrected chi connectivity index (χ3v) is 3.92. The number of nitrogens with one attached hydrogen (secondary N) is 2. The maximum absolute atomic E-state index is 10.7. The monoisotopic (exact) mass is 286 g/mol. The van der Waals surface area contributed by atoms with Crippen LogP contribution < -0.4 is 5.32 Å². The summed E-state index contributed by atoms with van der Waals surface area (Å²) in [5, 5.41) is 4.21. The van der Waals surface area contributed by atoms with E-state index < -0.39 is 0 Å². The molecule has 0 fully saturated rings. The summed E-state index contributed by atoms with van der Waals surface area (Å²) in [6.07, 6.45) is 10.7. The summed E-state index contributed by atoms with van der Waals surface area (Å²) in [5.41, 5.74) is 2.68. The summed E-state index contributed by atoms with van der Waals surface area (Å²) < 4.78 is 0. The molecule has 1 aromatic heterocycles. The summed E-state index contributed by atoms with van der Waals surface area (Å²) in [5.74, 6) is 0.0775. The Morgan fingerprint density at radius 1 is 1.05 bits per heavy atom. The van der Waals surface area contributed by atoms with E-state index >= 15 is 0 Å². The van der Waals surface area contributed by atoms with Gasteiger partial charge in [-0.25, -0.2) is 0 Å². The molecule has 3 nitrogen and oxygen atoms in total. The van der Waals surface area contributed by atoms with Crippen LogP contribution in [0, 0.1) is 0 Å². The normalized spacial score (nSPS) is 10.9. The molecule has 1 aromatic carbocycles. The molecule has 0 aliphatic carbocycles. The number of fused-ring (bicyclic) bond motifs is 1. The van der Waals surface area contributed by atoms with E-state index in [9.17, 15) is 4.79 Å². The van der Waals surface area contributed by atoms with E-state index in [-0.39, 0.29) is 5.91 Å². The van der Waals surface area contributed by atoms with Crippen molar-refractivity contribution >= 4 is 16.8 Å². The highest BCUT2D eigenvalue weighted by atomic mass is 16.1. The molecule has 0 bridgehead atoms. The van der Waals surface area contributed by atoms with Gasteiger partial charge in [-0.3, -0.25) is 4.79 Å². The molecule has 3 heteroatoms. The molecule has 0 aliphatic heterocycles. The SMILES string of the molecule is CC(=O)NCCCCCCCCc1c[nH]c2ccccc12.